The van der Waals surface area contributed by atoms with Crippen molar-refractivity contribution < 1.29 is 8.83 Å². The normalized spacial score (nSPS) is 11.6. The fourth-order valence-corrected chi connectivity index (χ4v) is 7.14. The molecule has 0 aliphatic heterocycles. The van der Waals surface area contributed by atoms with Gasteiger partial charge in [-0.25, -0.2) is 9.97 Å². The Morgan fingerprint density at radius 2 is 0.980 bits per heavy atom. The van der Waals surface area contributed by atoms with E-state index in [0.29, 0.717) is 5.82 Å². The molecule has 5 heteroatoms. The SMILES string of the molecule is c1ccc(-c2nc(-c3ccccc3-c3ccccn3)cc(-c3ccc(-c4cccc5oc6ccccc6c45)c4oc5ccccc5c34)n2)cc1. The number of nitrogens with zero attached hydrogens (tertiary/aromatic N) is 3. The van der Waals surface area contributed by atoms with E-state index in [4.69, 9.17) is 18.8 Å². The Labute approximate surface area is 287 Å². The Balaban J connectivity index is 1.26. The minimum absolute atomic E-state index is 0.647. The molecule has 0 aliphatic carbocycles. The monoisotopic (exact) mass is 641 g/mol. The van der Waals surface area contributed by atoms with Crippen LogP contribution in [-0.2, 0) is 0 Å². The second-order valence-corrected chi connectivity index (χ2v) is 12.3. The molecule has 0 saturated heterocycles. The molecular formula is C45H27N3O2. The van der Waals surface area contributed by atoms with Crippen LogP contribution in [0.25, 0.3) is 100 Å². The highest BCUT2D eigenvalue weighted by molar-refractivity contribution is 6.20. The van der Waals surface area contributed by atoms with Crippen LogP contribution in [0.2, 0.25) is 0 Å². The third-order valence-corrected chi connectivity index (χ3v) is 9.40. The number of pyridine rings is 1. The van der Waals surface area contributed by atoms with E-state index in [9.17, 15) is 0 Å². The van der Waals surface area contributed by atoms with Crippen LogP contribution in [0.1, 0.15) is 0 Å². The summed E-state index contributed by atoms with van der Waals surface area (Å²) < 4.78 is 13.0. The third kappa shape index (κ3) is 4.52. The molecule has 4 aromatic heterocycles. The summed E-state index contributed by atoms with van der Waals surface area (Å²) in [7, 11) is 0. The number of hydrogen-bond donors (Lipinski definition) is 0. The quantitative estimate of drug-likeness (QED) is 0.187. The molecule has 0 aliphatic rings. The Morgan fingerprint density at radius 1 is 0.380 bits per heavy atom. The summed E-state index contributed by atoms with van der Waals surface area (Å²) in [5, 5.41) is 4.17. The molecule has 0 unspecified atom stereocenters. The molecule has 0 atom stereocenters. The van der Waals surface area contributed by atoms with E-state index in [1.807, 2.05) is 91.1 Å². The van der Waals surface area contributed by atoms with E-state index in [2.05, 4.69) is 77.8 Å². The fourth-order valence-electron chi connectivity index (χ4n) is 7.14. The summed E-state index contributed by atoms with van der Waals surface area (Å²) in [6.07, 6.45) is 1.82. The van der Waals surface area contributed by atoms with Gasteiger partial charge in [-0.3, -0.25) is 4.98 Å². The van der Waals surface area contributed by atoms with Gasteiger partial charge in [0.1, 0.15) is 22.3 Å². The zero-order valence-electron chi connectivity index (χ0n) is 26.7. The van der Waals surface area contributed by atoms with Crippen LogP contribution >= 0.6 is 0 Å². The van der Waals surface area contributed by atoms with Gasteiger partial charge in [-0.1, -0.05) is 115 Å². The predicted octanol–water partition coefficient (Wildman–Crippen LogP) is 12.0. The zero-order chi connectivity index (χ0) is 33.0. The van der Waals surface area contributed by atoms with Crippen molar-refractivity contribution in [2.75, 3.05) is 0 Å². The van der Waals surface area contributed by atoms with E-state index >= 15 is 0 Å². The highest BCUT2D eigenvalue weighted by Crippen LogP contribution is 2.45. The maximum absolute atomic E-state index is 6.76. The van der Waals surface area contributed by atoms with E-state index in [0.717, 1.165) is 94.3 Å². The van der Waals surface area contributed by atoms with Gasteiger partial charge >= 0.3 is 0 Å². The number of hydrogen-bond acceptors (Lipinski definition) is 5. The topological polar surface area (TPSA) is 65.0 Å². The van der Waals surface area contributed by atoms with Crippen LogP contribution in [0.15, 0.2) is 173 Å². The van der Waals surface area contributed by atoms with Gasteiger partial charge in [-0.15, -0.1) is 0 Å². The van der Waals surface area contributed by atoms with Gasteiger partial charge in [-0.05, 0) is 48.0 Å². The van der Waals surface area contributed by atoms with Crippen molar-refractivity contribution in [2.45, 2.75) is 0 Å². The van der Waals surface area contributed by atoms with Crippen molar-refractivity contribution in [3.8, 4) is 56.3 Å². The lowest BCUT2D eigenvalue weighted by Gasteiger charge is -2.14. The summed E-state index contributed by atoms with van der Waals surface area (Å²) in [4.78, 5) is 15.1. The van der Waals surface area contributed by atoms with Crippen molar-refractivity contribution in [1.29, 1.82) is 0 Å². The lowest BCUT2D eigenvalue weighted by molar-refractivity contribution is 0.668. The maximum atomic E-state index is 6.76. The van der Waals surface area contributed by atoms with Crippen molar-refractivity contribution in [3.63, 3.8) is 0 Å². The first kappa shape index (κ1) is 28.2. The molecule has 5 nitrogen and oxygen atoms in total. The molecule has 4 heterocycles. The van der Waals surface area contributed by atoms with Gasteiger partial charge in [0.15, 0.2) is 5.82 Å². The first-order valence-corrected chi connectivity index (χ1v) is 16.6. The van der Waals surface area contributed by atoms with Gasteiger partial charge in [0.2, 0.25) is 0 Å². The average molecular weight is 642 g/mol. The minimum atomic E-state index is 0.647. The van der Waals surface area contributed by atoms with E-state index in [-0.39, 0.29) is 0 Å². The molecule has 10 rings (SSSR count). The Kier molecular flexibility index (Phi) is 6.42. The van der Waals surface area contributed by atoms with E-state index < -0.39 is 0 Å². The predicted molar refractivity (Wildman–Crippen MR) is 202 cm³/mol. The number of aromatic nitrogens is 3. The Hall–Kier alpha value is -6.85. The van der Waals surface area contributed by atoms with E-state index in [1.54, 1.807) is 0 Å². The number of rotatable bonds is 5. The summed E-state index contributed by atoms with van der Waals surface area (Å²) >= 11 is 0. The van der Waals surface area contributed by atoms with Gasteiger partial charge < -0.3 is 8.83 Å². The van der Waals surface area contributed by atoms with Crippen LogP contribution in [0.4, 0.5) is 0 Å². The molecule has 10 aromatic rings. The van der Waals surface area contributed by atoms with Crippen LogP contribution in [0.3, 0.4) is 0 Å². The highest BCUT2D eigenvalue weighted by atomic mass is 16.3. The lowest BCUT2D eigenvalue weighted by Crippen LogP contribution is -1.98. The molecule has 0 saturated carbocycles. The summed E-state index contributed by atoms with van der Waals surface area (Å²) in [6.45, 7) is 0. The largest absolute Gasteiger partial charge is 0.456 e. The molecular weight excluding hydrogens is 615 g/mol. The maximum Gasteiger partial charge on any atom is 0.160 e. The highest BCUT2D eigenvalue weighted by Gasteiger charge is 2.22. The summed E-state index contributed by atoms with van der Waals surface area (Å²) in [5.41, 5.74) is 11.8. The van der Waals surface area contributed by atoms with Crippen LogP contribution in [-0.4, -0.2) is 15.0 Å². The standard InChI is InChI=1S/C45H27N3O2/c1-2-13-28(14-3-1)45-47-37(30-16-5-4-15-29(30)36-20-10-11-26-46-36)27-38(48-45)33-25-24-32(44-43(33)35-18-7-9-22-40(35)50-44)31-19-12-23-41-42(31)34-17-6-8-21-39(34)49-41/h1-27H. The molecule has 6 aromatic carbocycles. The smallest absolute Gasteiger partial charge is 0.160 e. The number of benzene rings is 6. The van der Waals surface area contributed by atoms with Gasteiger partial charge in [0, 0.05) is 55.6 Å². The fraction of sp³-hybridized carbons (Fsp3) is 0. The molecule has 0 spiro atoms. The molecule has 0 fully saturated rings. The van der Waals surface area contributed by atoms with E-state index in [1.165, 1.54) is 0 Å². The molecule has 0 bridgehead atoms. The molecule has 0 amide bonds. The van der Waals surface area contributed by atoms with Gasteiger partial charge in [0.25, 0.3) is 0 Å². The van der Waals surface area contributed by atoms with Crippen molar-refractivity contribution in [3.05, 3.63) is 164 Å². The molecule has 234 valence electrons. The summed E-state index contributed by atoms with van der Waals surface area (Å²) in [5.74, 6) is 0.647. The van der Waals surface area contributed by atoms with Crippen molar-refractivity contribution in [1.82, 2.24) is 15.0 Å². The zero-order valence-corrected chi connectivity index (χ0v) is 26.7. The molecule has 0 radical (unpaired) electrons. The minimum Gasteiger partial charge on any atom is -0.456 e. The first-order chi connectivity index (χ1) is 24.8. The number of fused-ring (bicyclic) bond motifs is 6. The molecule has 50 heavy (non-hydrogen) atoms. The molecule has 0 N–H and O–H groups in total. The number of para-hydroxylation sites is 2. The summed E-state index contributed by atoms with van der Waals surface area (Å²) in [6, 6.07) is 53.5. The van der Waals surface area contributed by atoms with Gasteiger partial charge in [0.05, 0.1) is 17.1 Å². The second kappa shape index (κ2) is 11.4. The number of furan rings is 2. The third-order valence-electron chi connectivity index (χ3n) is 9.40. The van der Waals surface area contributed by atoms with Gasteiger partial charge in [-0.2, -0.15) is 0 Å². The van der Waals surface area contributed by atoms with Crippen molar-refractivity contribution in [2.24, 2.45) is 0 Å². The lowest BCUT2D eigenvalue weighted by atomic mass is 9.93. The van der Waals surface area contributed by atoms with Crippen LogP contribution in [0, 0.1) is 0 Å². The van der Waals surface area contributed by atoms with Crippen LogP contribution < -0.4 is 0 Å². The van der Waals surface area contributed by atoms with Crippen molar-refractivity contribution >= 4 is 43.9 Å². The van der Waals surface area contributed by atoms with Crippen LogP contribution in [0.5, 0.6) is 0 Å². The Morgan fingerprint density at radius 3 is 1.76 bits per heavy atom. The second-order valence-electron chi connectivity index (χ2n) is 12.3. The Bertz CT molecular complexity index is 2870. The first-order valence-electron chi connectivity index (χ1n) is 16.6. The average Bonchev–Trinajstić information content (AvgIpc) is 3.77.